The molecule has 1 aliphatic rings. The van der Waals surface area contributed by atoms with Crippen molar-refractivity contribution in [3.63, 3.8) is 0 Å². The number of hydrogen-bond donors (Lipinski definition) is 4. The highest BCUT2D eigenvalue weighted by Crippen LogP contribution is 2.41. The molecule has 1 saturated heterocycles. The Balaban J connectivity index is 2.43. The van der Waals surface area contributed by atoms with Crippen LogP contribution in [-0.2, 0) is 9.53 Å². The van der Waals surface area contributed by atoms with Crippen LogP contribution in [-0.4, -0.2) is 38.0 Å². The minimum atomic E-state index is -3.33. The van der Waals surface area contributed by atoms with Crippen molar-refractivity contribution in [2.24, 2.45) is 0 Å². The minimum absolute atomic E-state index is 0.255. The molecule has 1 aliphatic heterocycles. The number of cyclic esters (lactones) is 1. The Morgan fingerprint density at radius 3 is 2.06 bits per heavy atom. The summed E-state index contributed by atoms with van der Waals surface area (Å²) in [6.07, 6.45) is -1.53. The third-order valence-electron chi connectivity index (χ3n) is 2.49. The first-order chi connectivity index (χ1) is 7.37. The van der Waals surface area contributed by atoms with Crippen LogP contribution in [0.1, 0.15) is 11.7 Å². The molecule has 1 aromatic rings. The maximum Gasteiger partial charge on any atom is 0.373 e. The van der Waals surface area contributed by atoms with Gasteiger partial charge in [0, 0.05) is 0 Å². The Kier molecular flexibility index (Phi) is 2.25. The van der Waals surface area contributed by atoms with Crippen molar-refractivity contribution in [1.82, 2.24) is 0 Å². The fourth-order valence-corrected chi connectivity index (χ4v) is 1.53. The lowest BCUT2D eigenvalue weighted by Crippen LogP contribution is -2.55. The van der Waals surface area contributed by atoms with E-state index < -0.39 is 23.6 Å². The zero-order valence-corrected chi connectivity index (χ0v) is 8.07. The molecular formula is C10H10O6. The van der Waals surface area contributed by atoms with Gasteiger partial charge in [-0.15, -0.1) is 0 Å². The summed E-state index contributed by atoms with van der Waals surface area (Å²) in [7, 11) is 0. The van der Waals surface area contributed by atoms with Gasteiger partial charge < -0.3 is 25.2 Å². The molecule has 1 heterocycles. The van der Waals surface area contributed by atoms with Crippen molar-refractivity contribution in [3.8, 4) is 0 Å². The molecule has 1 fully saturated rings. The molecule has 4 N–H and O–H groups in total. The van der Waals surface area contributed by atoms with E-state index in [1.807, 2.05) is 0 Å². The molecule has 86 valence electrons. The third-order valence-corrected chi connectivity index (χ3v) is 2.49. The fraction of sp³-hybridized carbons (Fsp3) is 0.300. The molecule has 6 heteroatoms. The summed E-state index contributed by atoms with van der Waals surface area (Å²) >= 11 is 0. The van der Waals surface area contributed by atoms with E-state index in [-0.39, 0.29) is 5.56 Å². The van der Waals surface area contributed by atoms with E-state index in [2.05, 4.69) is 4.74 Å². The van der Waals surface area contributed by atoms with Gasteiger partial charge >= 0.3 is 11.8 Å². The minimum Gasteiger partial charge on any atom is -0.447 e. The molecule has 0 bridgehead atoms. The van der Waals surface area contributed by atoms with Crippen molar-refractivity contribution >= 4 is 5.97 Å². The molecule has 6 nitrogen and oxygen atoms in total. The van der Waals surface area contributed by atoms with Gasteiger partial charge in [0.1, 0.15) is 0 Å². The standard InChI is InChI=1S/C10H10O6/c11-8-10(14,15)9(12,13)7(16-8)6-4-2-1-3-5-6/h1-5,7,12-15H/t7-/m1/s1. The molecule has 1 aromatic carbocycles. The largest absolute Gasteiger partial charge is 0.447 e. The summed E-state index contributed by atoms with van der Waals surface area (Å²) in [6, 6.07) is 7.81. The summed E-state index contributed by atoms with van der Waals surface area (Å²) in [6.45, 7) is 0. The van der Waals surface area contributed by atoms with E-state index in [9.17, 15) is 25.2 Å². The number of carbonyl (C=O) groups excluding carboxylic acids is 1. The van der Waals surface area contributed by atoms with Crippen molar-refractivity contribution < 1.29 is 30.0 Å². The Morgan fingerprint density at radius 1 is 1.06 bits per heavy atom. The number of benzene rings is 1. The van der Waals surface area contributed by atoms with E-state index in [4.69, 9.17) is 0 Å². The molecule has 0 amide bonds. The van der Waals surface area contributed by atoms with Gasteiger partial charge in [0.05, 0.1) is 0 Å². The quantitative estimate of drug-likeness (QED) is 0.348. The lowest BCUT2D eigenvalue weighted by molar-refractivity contribution is -0.333. The molecule has 0 aliphatic carbocycles. The zero-order valence-electron chi connectivity index (χ0n) is 8.07. The van der Waals surface area contributed by atoms with E-state index in [1.54, 1.807) is 18.2 Å². The highest BCUT2D eigenvalue weighted by Gasteiger charge is 2.67. The second-order valence-electron chi connectivity index (χ2n) is 3.59. The number of carbonyl (C=O) groups is 1. The van der Waals surface area contributed by atoms with Crippen molar-refractivity contribution in [1.29, 1.82) is 0 Å². The zero-order chi connectivity index (χ0) is 12.0. The Bertz CT molecular complexity index is 411. The van der Waals surface area contributed by atoms with Gasteiger partial charge in [0.25, 0.3) is 5.79 Å². The summed E-state index contributed by atoms with van der Waals surface area (Å²) in [5.41, 5.74) is 0.255. The maximum absolute atomic E-state index is 11.1. The first kappa shape index (κ1) is 11.0. The van der Waals surface area contributed by atoms with Crippen LogP contribution in [0.5, 0.6) is 0 Å². The Labute approximate surface area is 90.3 Å². The highest BCUT2D eigenvalue weighted by molar-refractivity contribution is 5.81. The summed E-state index contributed by atoms with van der Waals surface area (Å²) in [5.74, 6) is -7.90. The first-order valence-corrected chi connectivity index (χ1v) is 4.53. The maximum atomic E-state index is 11.1. The number of aliphatic hydroxyl groups is 4. The van der Waals surface area contributed by atoms with Gasteiger partial charge in [-0.1, -0.05) is 30.3 Å². The number of esters is 1. The van der Waals surface area contributed by atoms with Crippen LogP contribution < -0.4 is 0 Å². The average Bonchev–Trinajstić information content (AvgIpc) is 2.40. The van der Waals surface area contributed by atoms with Crippen LogP contribution in [0, 0.1) is 0 Å². The van der Waals surface area contributed by atoms with Gasteiger partial charge in [-0.25, -0.2) is 4.79 Å². The molecule has 1 atom stereocenters. The fourth-order valence-electron chi connectivity index (χ4n) is 1.53. The highest BCUT2D eigenvalue weighted by atomic mass is 16.7. The van der Waals surface area contributed by atoms with Crippen LogP contribution >= 0.6 is 0 Å². The predicted octanol–water partition coefficient (Wildman–Crippen LogP) is -1.35. The van der Waals surface area contributed by atoms with E-state index in [0.717, 1.165) is 0 Å². The lowest BCUT2D eigenvalue weighted by Gasteiger charge is -2.27. The molecule has 16 heavy (non-hydrogen) atoms. The Morgan fingerprint density at radius 2 is 1.62 bits per heavy atom. The van der Waals surface area contributed by atoms with E-state index in [1.165, 1.54) is 12.1 Å². The van der Waals surface area contributed by atoms with Gasteiger partial charge in [-0.05, 0) is 5.56 Å². The van der Waals surface area contributed by atoms with Crippen LogP contribution in [0.2, 0.25) is 0 Å². The lowest BCUT2D eigenvalue weighted by atomic mass is 9.97. The van der Waals surface area contributed by atoms with Gasteiger partial charge in [-0.2, -0.15) is 0 Å². The normalized spacial score (nSPS) is 26.5. The molecule has 0 radical (unpaired) electrons. The topological polar surface area (TPSA) is 107 Å². The average molecular weight is 226 g/mol. The predicted molar refractivity (Wildman–Crippen MR) is 49.6 cm³/mol. The van der Waals surface area contributed by atoms with Crippen LogP contribution in [0.3, 0.4) is 0 Å². The summed E-state index contributed by atoms with van der Waals surface area (Å²) in [4.78, 5) is 11.1. The van der Waals surface area contributed by atoms with Crippen molar-refractivity contribution in [2.45, 2.75) is 17.7 Å². The van der Waals surface area contributed by atoms with Gasteiger partial charge in [0.2, 0.25) is 0 Å². The van der Waals surface area contributed by atoms with Crippen molar-refractivity contribution in [3.05, 3.63) is 35.9 Å². The third kappa shape index (κ3) is 1.32. The second-order valence-corrected chi connectivity index (χ2v) is 3.59. The first-order valence-electron chi connectivity index (χ1n) is 4.53. The van der Waals surface area contributed by atoms with Crippen LogP contribution in [0.25, 0.3) is 0 Å². The SMILES string of the molecule is O=C1O[C@H](c2ccccc2)C(O)(O)C1(O)O. The summed E-state index contributed by atoms with van der Waals surface area (Å²) in [5, 5.41) is 37.4. The molecule has 0 aromatic heterocycles. The smallest absolute Gasteiger partial charge is 0.373 e. The molecule has 2 rings (SSSR count). The number of rotatable bonds is 1. The number of hydrogen-bond acceptors (Lipinski definition) is 6. The van der Waals surface area contributed by atoms with Crippen molar-refractivity contribution in [2.75, 3.05) is 0 Å². The van der Waals surface area contributed by atoms with Crippen LogP contribution in [0.15, 0.2) is 30.3 Å². The van der Waals surface area contributed by atoms with E-state index >= 15 is 0 Å². The van der Waals surface area contributed by atoms with E-state index in [0.29, 0.717) is 0 Å². The van der Waals surface area contributed by atoms with Gasteiger partial charge in [0.15, 0.2) is 6.10 Å². The molecule has 0 spiro atoms. The molecule has 0 saturated carbocycles. The Hall–Kier alpha value is -1.47. The summed E-state index contributed by atoms with van der Waals surface area (Å²) < 4.78 is 4.54. The number of ether oxygens (including phenoxy) is 1. The van der Waals surface area contributed by atoms with Crippen LogP contribution in [0.4, 0.5) is 0 Å². The second kappa shape index (κ2) is 3.26. The van der Waals surface area contributed by atoms with Gasteiger partial charge in [-0.3, -0.25) is 0 Å². The monoisotopic (exact) mass is 226 g/mol. The molecular weight excluding hydrogens is 216 g/mol. The molecule has 0 unspecified atom stereocenters.